The molecule has 2 aromatic heterocycles. The van der Waals surface area contributed by atoms with Gasteiger partial charge in [-0.15, -0.1) is 0 Å². The number of aromatic nitrogens is 3. The van der Waals surface area contributed by atoms with Gasteiger partial charge in [0.1, 0.15) is 5.84 Å². The van der Waals surface area contributed by atoms with E-state index < -0.39 is 0 Å². The largest absolute Gasteiger partial charge is 0.491 e. The summed E-state index contributed by atoms with van der Waals surface area (Å²) in [6.07, 6.45) is 4.94. The van der Waals surface area contributed by atoms with Gasteiger partial charge in [0.2, 0.25) is 0 Å². The summed E-state index contributed by atoms with van der Waals surface area (Å²) in [4.78, 5) is 4.16. The molecule has 0 aliphatic heterocycles. The van der Waals surface area contributed by atoms with Crippen molar-refractivity contribution in [2.45, 2.75) is 6.92 Å². The number of hydrogen-bond donors (Lipinski definition) is 2. The van der Waals surface area contributed by atoms with E-state index in [4.69, 9.17) is 15.9 Å². The molecule has 0 radical (unpaired) electrons. The summed E-state index contributed by atoms with van der Waals surface area (Å²) in [5.74, 6) is 1.29. The summed E-state index contributed by atoms with van der Waals surface area (Å²) in [7, 11) is 0. The number of hydrogen-bond acceptors (Lipinski definition) is 4. The number of nitrogen functional groups attached to an aromatic ring is 1. The predicted molar refractivity (Wildman–Crippen MR) is 63.5 cm³/mol. The molecule has 0 atom stereocenters. The van der Waals surface area contributed by atoms with Crippen LogP contribution in [0.25, 0.3) is 5.82 Å². The van der Waals surface area contributed by atoms with Crippen molar-refractivity contribution < 1.29 is 4.74 Å². The molecule has 6 nitrogen and oxygen atoms in total. The molecule has 0 aliphatic carbocycles. The number of pyridine rings is 1. The zero-order valence-corrected chi connectivity index (χ0v) is 9.42. The molecule has 0 amide bonds. The summed E-state index contributed by atoms with van der Waals surface area (Å²) < 4.78 is 6.89. The van der Waals surface area contributed by atoms with E-state index in [1.807, 2.05) is 6.92 Å². The first-order chi connectivity index (χ1) is 8.20. The van der Waals surface area contributed by atoms with Crippen molar-refractivity contribution in [2.24, 2.45) is 5.73 Å². The highest BCUT2D eigenvalue weighted by molar-refractivity contribution is 5.95. The average molecular weight is 231 g/mol. The monoisotopic (exact) mass is 231 g/mol. The van der Waals surface area contributed by atoms with E-state index in [1.54, 1.807) is 35.4 Å². The summed E-state index contributed by atoms with van der Waals surface area (Å²) in [6.45, 7) is 2.50. The third-order valence-corrected chi connectivity index (χ3v) is 2.16. The fourth-order valence-electron chi connectivity index (χ4n) is 1.38. The van der Waals surface area contributed by atoms with E-state index in [1.165, 1.54) is 0 Å². The summed E-state index contributed by atoms with van der Waals surface area (Å²) in [5.41, 5.74) is 6.03. The molecule has 88 valence electrons. The van der Waals surface area contributed by atoms with E-state index in [-0.39, 0.29) is 5.84 Å². The van der Waals surface area contributed by atoms with Gasteiger partial charge in [-0.2, -0.15) is 5.10 Å². The lowest BCUT2D eigenvalue weighted by Gasteiger charge is -2.02. The van der Waals surface area contributed by atoms with Gasteiger partial charge in [-0.1, -0.05) is 0 Å². The molecule has 0 saturated heterocycles. The second-order valence-electron chi connectivity index (χ2n) is 3.37. The molecular formula is C11H13N5O. The molecule has 17 heavy (non-hydrogen) atoms. The Morgan fingerprint density at radius 3 is 3.12 bits per heavy atom. The Balaban J connectivity index is 2.32. The van der Waals surface area contributed by atoms with Gasteiger partial charge in [0.05, 0.1) is 19.0 Å². The minimum absolute atomic E-state index is 0.00541. The van der Waals surface area contributed by atoms with Gasteiger partial charge in [-0.05, 0) is 19.1 Å². The molecule has 0 spiro atoms. The fraction of sp³-hybridized carbons (Fsp3) is 0.182. The molecule has 2 heterocycles. The minimum Gasteiger partial charge on any atom is -0.491 e. The van der Waals surface area contributed by atoms with Crippen molar-refractivity contribution in [3.63, 3.8) is 0 Å². The van der Waals surface area contributed by atoms with Crippen LogP contribution >= 0.6 is 0 Å². The van der Waals surface area contributed by atoms with E-state index in [0.29, 0.717) is 23.7 Å². The quantitative estimate of drug-likeness (QED) is 0.605. The van der Waals surface area contributed by atoms with E-state index in [9.17, 15) is 0 Å². The number of nitrogens with zero attached hydrogens (tertiary/aromatic N) is 3. The topological polar surface area (TPSA) is 89.8 Å². The van der Waals surface area contributed by atoms with Crippen molar-refractivity contribution in [1.29, 1.82) is 5.41 Å². The van der Waals surface area contributed by atoms with Crippen LogP contribution in [0.3, 0.4) is 0 Å². The number of nitrogens with two attached hydrogens (primary N) is 1. The molecule has 0 bridgehead atoms. The van der Waals surface area contributed by atoms with Gasteiger partial charge in [0.25, 0.3) is 0 Å². The highest BCUT2D eigenvalue weighted by Gasteiger charge is 2.04. The van der Waals surface area contributed by atoms with Crippen molar-refractivity contribution in [2.75, 3.05) is 6.61 Å². The molecular weight excluding hydrogens is 218 g/mol. The summed E-state index contributed by atoms with van der Waals surface area (Å²) >= 11 is 0. The smallest absolute Gasteiger partial charge is 0.157 e. The van der Waals surface area contributed by atoms with Crippen LogP contribution in [0.2, 0.25) is 0 Å². The molecule has 0 unspecified atom stereocenters. The first kappa shape index (κ1) is 11.1. The minimum atomic E-state index is 0.00541. The first-order valence-electron chi connectivity index (χ1n) is 5.19. The fourth-order valence-corrected chi connectivity index (χ4v) is 1.38. The zero-order chi connectivity index (χ0) is 12.3. The Bertz CT molecular complexity index is 534. The molecule has 3 N–H and O–H groups in total. The van der Waals surface area contributed by atoms with Crippen molar-refractivity contribution >= 4 is 5.84 Å². The SMILES string of the molecule is CCOc1cnn(-c2cc(C(=N)N)ccn2)c1. The Hall–Kier alpha value is -2.37. The van der Waals surface area contributed by atoms with E-state index in [2.05, 4.69) is 10.1 Å². The van der Waals surface area contributed by atoms with Gasteiger partial charge >= 0.3 is 0 Å². The van der Waals surface area contributed by atoms with Gasteiger partial charge in [0, 0.05) is 11.8 Å². The molecule has 0 saturated carbocycles. The highest BCUT2D eigenvalue weighted by atomic mass is 16.5. The van der Waals surface area contributed by atoms with Crippen LogP contribution in [-0.2, 0) is 0 Å². The Labute approximate surface area is 98.5 Å². The standard InChI is InChI=1S/C11H13N5O/c1-2-17-9-6-15-16(7-9)10-5-8(11(12)13)3-4-14-10/h3-7H,2H2,1H3,(H3,12,13). The van der Waals surface area contributed by atoms with Crippen molar-refractivity contribution in [3.05, 3.63) is 36.3 Å². The Morgan fingerprint density at radius 1 is 1.59 bits per heavy atom. The van der Waals surface area contributed by atoms with Gasteiger partial charge in [-0.3, -0.25) is 5.41 Å². The average Bonchev–Trinajstić information content (AvgIpc) is 2.78. The first-order valence-corrected chi connectivity index (χ1v) is 5.19. The second kappa shape index (κ2) is 4.65. The number of amidine groups is 1. The third-order valence-electron chi connectivity index (χ3n) is 2.16. The van der Waals surface area contributed by atoms with Crippen LogP contribution in [0.15, 0.2) is 30.7 Å². The van der Waals surface area contributed by atoms with Crippen LogP contribution in [0.5, 0.6) is 5.75 Å². The maximum atomic E-state index is 7.36. The molecule has 2 aromatic rings. The lowest BCUT2D eigenvalue weighted by atomic mass is 10.2. The van der Waals surface area contributed by atoms with E-state index in [0.717, 1.165) is 0 Å². The lowest BCUT2D eigenvalue weighted by Crippen LogP contribution is -2.12. The molecule has 0 aromatic carbocycles. The normalized spacial score (nSPS) is 10.2. The lowest BCUT2D eigenvalue weighted by molar-refractivity contribution is 0.340. The van der Waals surface area contributed by atoms with Crippen LogP contribution in [-0.4, -0.2) is 27.2 Å². The Kier molecular flexibility index (Phi) is 3.04. The summed E-state index contributed by atoms with van der Waals surface area (Å²) in [5, 5.41) is 11.5. The van der Waals surface area contributed by atoms with Crippen LogP contribution in [0.1, 0.15) is 12.5 Å². The number of ether oxygens (including phenoxy) is 1. The number of rotatable bonds is 4. The van der Waals surface area contributed by atoms with E-state index >= 15 is 0 Å². The highest BCUT2D eigenvalue weighted by Crippen LogP contribution is 2.12. The van der Waals surface area contributed by atoms with Crippen LogP contribution < -0.4 is 10.5 Å². The van der Waals surface area contributed by atoms with Gasteiger partial charge < -0.3 is 10.5 Å². The maximum absolute atomic E-state index is 7.36. The summed E-state index contributed by atoms with van der Waals surface area (Å²) in [6, 6.07) is 3.38. The molecule has 2 rings (SSSR count). The molecule has 0 fully saturated rings. The zero-order valence-electron chi connectivity index (χ0n) is 9.42. The van der Waals surface area contributed by atoms with Gasteiger partial charge in [-0.25, -0.2) is 9.67 Å². The maximum Gasteiger partial charge on any atom is 0.157 e. The number of nitrogens with one attached hydrogen (secondary N) is 1. The van der Waals surface area contributed by atoms with Crippen LogP contribution in [0, 0.1) is 5.41 Å². The van der Waals surface area contributed by atoms with Gasteiger partial charge in [0.15, 0.2) is 11.6 Å². The van der Waals surface area contributed by atoms with Crippen LogP contribution in [0.4, 0.5) is 0 Å². The molecule has 6 heteroatoms. The molecule has 0 aliphatic rings. The van der Waals surface area contributed by atoms with Crippen molar-refractivity contribution in [3.8, 4) is 11.6 Å². The predicted octanol–water partition coefficient (Wildman–Crippen LogP) is 0.950. The van der Waals surface area contributed by atoms with Crippen molar-refractivity contribution in [1.82, 2.24) is 14.8 Å². The third kappa shape index (κ3) is 2.41. The second-order valence-corrected chi connectivity index (χ2v) is 3.37. The Morgan fingerprint density at radius 2 is 2.41 bits per heavy atom.